The van der Waals surface area contributed by atoms with Crippen LogP contribution in [0.25, 0.3) is 0 Å². The van der Waals surface area contributed by atoms with Crippen molar-refractivity contribution < 1.29 is 28.7 Å². The van der Waals surface area contributed by atoms with Crippen LogP contribution in [0.1, 0.15) is 51.5 Å². The summed E-state index contributed by atoms with van der Waals surface area (Å²) in [5, 5.41) is 0.219. The molecule has 3 aromatic rings. The number of nitrogens with one attached hydrogen (secondary N) is 2. The Balaban J connectivity index is 1.15. The van der Waals surface area contributed by atoms with Gasteiger partial charge in [0.05, 0.1) is 33.7 Å². The highest BCUT2D eigenvalue weighted by Crippen LogP contribution is 2.45. The van der Waals surface area contributed by atoms with Crippen LogP contribution in [0, 0.1) is 11.8 Å². The van der Waals surface area contributed by atoms with E-state index < -0.39 is 24.4 Å². The number of rotatable bonds is 6. The highest BCUT2D eigenvalue weighted by molar-refractivity contribution is 6.33. The molecule has 40 heavy (non-hydrogen) atoms. The maximum absolute atomic E-state index is 13.3. The summed E-state index contributed by atoms with van der Waals surface area (Å²) >= 11 is 5.95. The highest BCUT2D eigenvalue weighted by atomic mass is 35.5. The zero-order valence-electron chi connectivity index (χ0n) is 21.3. The van der Waals surface area contributed by atoms with Gasteiger partial charge in [0.2, 0.25) is 11.8 Å². The summed E-state index contributed by atoms with van der Waals surface area (Å²) in [7, 11) is 0. The second kappa shape index (κ2) is 11.7. The van der Waals surface area contributed by atoms with Gasteiger partial charge in [-0.3, -0.25) is 34.9 Å². The van der Waals surface area contributed by atoms with Crippen LogP contribution in [0.15, 0.2) is 78.9 Å². The molecule has 0 spiro atoms. The average Bonchev–Trinajstić information content (AvgIpc) is 3.24. The molecular weight excluding hydrogens is 534 g/mol. The third-order valence-electron chi connectivity index (χ3n) is 7.33. The van der Waals surface area contributed by atoms with E-state index in [-0.39, 0.29) is 45.7 Å². The van der Waals surface area contributed by atoms with E-state index in [0.29, 0.717) is 18.5 Å². The van der Waals surface area contributed by atoms with E-state index in [0.717, 1.165) is 6.42 Å². The summed E-state index contributed by atoms with van der Waals surface area (Å²) in [6.45, 7) is -0.640. The second-order valence-electron chi connectivity index (χ2n) is 9.75. The first kappa shape index (κ1) is 27.1. The van der Waals surface area contributed by atoms with E-state index in [1.807, 2.05) is 18.2 Å². The number of ether oxygens (including phenoxy) is 1. The third-order valence-corrected chi connectivity index (χ3v) is 7.66. The largest absolute Gasteiger partial charge is 0.452 e. The summed E-state index contributed by atoms with van der Waals surface area (Å²) in [5.41, 5.74) is 6.23. The van der Waals surface area contributed by atoms with Crippen LogP contribution >= 0.6 is 11.6 Å². The fourth-order valence-corrected chi connectivity index (χ4v) is 5.52. The van der Waals surface area contributed by atoms with Gasteiger partial charge in [0.1, 0.15) is 0 Å². The average molecular weight is 560 g/mol. The molecule has 4 amide bonds. The molecule has 1 saturated heterocycles. The first-order chi connectivity index (χ1) is 19.3. The number of nitrogens with zero attached hydrogens (tertiary/aromatic N) is 1. The molecule has 3 aromatic carbocycles. The lowest BCUT2D eigenvalue weighted by Crippen LogP contribution is -2.43. The van der Waals surface area contributed by atoms with Crippen LogP contribution < -0.4 is 15.8 Å². The number of carbonyl (C=O) groups is 5. The molecule has 1 aliphatic carbocycles. The molecule has 1 heterocycles. The topological polar surface area (TPSA) is 122 Å². The van der Waals surface area contributed by atoms with Crippen LogP contribution in [0.3, 0.4) is 0 Å². The molecule has 2 N–H and O–H groups in total. The number of hydrogen-bond donors (Lipinski definition) is 2. The molecule has 1 saturated carbocycles. The number of fused-ring (bicyclic) bond motifs is 1. The van der Waals surface area contributed by atoms with Gasteiger partial charge in [-0.1, -0.05) is 54.1 Å². The van der Waals surface area contributed by atoms with E-state index >= 15 is 0 Å². The predicted octanol–water partition coefficient (Wildman–Crippen LogP) is 4.03. The van der Waals surface area contributed by atoms with E-state index in [1.54, 1.807) is 12.1 Å². The summed E-state index contributed by atoms with van der Waals surface area (Å²) in [5.74, 6) is -3.07. The Morgan fingerprint density at radius 3 is 2.23 bits per heavy atom. The molecule has 0 aromatic heterocycles. The zero-order valence-corrected chi connectivity index (χ0v) is 22.1. The Kier molecular flexibility index (Phi) is 7.93. The van der Waals surface area contributed by atoms with Crippen molar-refractivity contribution in [3.05, 3.63) is 101 Å². The summed E-state index contributed by atoms with van der Waals surface area (Å²) in [6.07, 6.45) is 2.12. The molecule has 9 nitrogen and oxygen atoms in total. The number of amides is 4. The normalized spacial score (nSPS) is 20.0. The van der Waals surface area contributed by atoms with Gasteiger partial charge in [-0.15, -0.1) is 0 Å². The molecule has 0 radical (unpaired) electrons. The van der Waals surface area contributed by atoms with Gasteiger partial charge in [0.15, 0.2) is 6.61 Å². The van der Waals surface area contributed by atoms with Gasteiger partial charge in [-0.2, -0.15) is 0 Å². The predicted molar refractivity (Wildman–Crippen MR) is 146 cm³/mol. The van der Waals surface area contributed by atoms with E-state index in [4.69, 9.17) is 16.3 Å². The number of imide groups is 1. The van der Waals surface area contributed by atoms with Crippen molar-refractivity contribution in [1.82, 2.24) is 10.9 Å². The summed E-state index contributed by atoms with van der Waals surface area (Å²) < 4.78 is 5.01. The first-order valence-electron chi connectivity index (χ1n) is 12.9. The number of hydrazine groups is 1. The Morgan fingerprint density at radius 1 is 0.825 bits per heavy atom. The third kappa shape index (κ3) is 5.60. The van der Waals surface area contributed by atoms with E-state index in [9.17, 15) is 24.0 Å². The first-order valence-corrected chi connectivity index (χ1v) is 13.2. The van der Waals surface area contributed by atoms with Crippen molar-refractivity contribution in [2.24, 2.45) is 11.8 Å². The van der Waals surface area contributed by atoms with Crippen LogP contribution in [0.2, 0.25) is 5.02 Å². The summed E-state index contributed by atoms with van der Waals surface area (Å²) in [4.78, 5) is 64.2. The maximum atomic E-state index is 13.3. The quantitative estimate of drug-likeness (QED) is 0.267. The van der Waals surface area contributed by atoms with Gasteiger partial charge in [-0.25, -0.2) is 4.79 Å². The van der Waals surface area contributed by atoms with Crippen molar-refractivity contribution in [2.45, 2.75) is 25.2 Å². The number of anilines is 1. The zero-order chi connectivity index (χ0) is 28.2. The molecule has 10 heteroatoms. The molecule has 0 unspecified atom stereocenters. The molecule has 2 aliphatic rings. The molecule has 2 fully saturated rings. The van der Waals surface area contributed by atoms with Crippen molar-refractivity contribution in [3.63, 3.8) is 0 Å². The highest BCUT2D eigenvalue weighted by Gasteiger charge is 2.50. The van der Waals surface area contributed by atoms with E-state index in [2.05, 4.69) is 23.0 Å². The van der Waals surface area contributed by atoms with Gasteiger partial charge in [0.25, 0.3) is 11.8 Å². The molecule has 3 atom stereocenters. The molecule has 0 bridgehead atoms. The standard InChI is InChI=1S/C30H26ClN3O6/c31-25-9-5-4-8-23(25)27(36)33-32-26(35)17-40-30(39)19-10-13-21(14-11-19)34-28(37)22-15-12-20(16-24(22)29(34)38)18-6-2-1-3-7-18/h1-11,13-14,20,22,24H,12,15-17H2,(H,32,35)(H,33,36)/t20-,22-,24-/m1/s1. The van der Waals surface area contributed by atoms with Gasteiger partial charge >= 0.3 is 5.97 Å². The number of hydrogen-bond acceptors (Lipinski definition) is 6. The smallest absolute Gasteiger partial charge is 0.338 e. The number of carbonyl (C=O) groups excluding carboxylic acids is 5. The lowest BCUT2D eigenvalue weighted by molar-refractivity contribution is -0.125. The second-order valence-corrected chi connectivity index (χ2v) is 10.2. The lowest BCUT2D eigenvalue weighted by atomic mass is 9.73. The number of esters is 1. The van der Waals surface area contributed by atoms with Crippen molar-refractivity contribution in [3.8, 4) is 0 Å². The SMILES string of the molecule is O=C(COC(=O)c1ccc(N2C(=O)[C@@H]3CC[C@@H](c4ccccc4)C[C@H]3C2=O)cc1)NNC(=O)c1ccccc1Cl. The van der Waals surface area contributed by atoms with Crippen molar-refractivity contribution in [1.29, 1.82) is 0 Å². The van der Waals surface area contributed by atoms with Crippen molar-refractivity contribution >= 4 is 46.9 Å². The van der Waals surface area contributed by atoms with Gasteiger partial charge in [0, 0.05) is 0 Å². The Labute approximate surface area is 235 Å². The Morgan fingerprint density at radius 2 is 1.50 bits per heavy atom. The van der Waals surface area contributed by atoms with Crippen LogP contribution in [-0.2, 0) is 19.1 Å². The Bertz CT molecular complexity index is 1460. The minimum Gasteiger partial charge on any atom is -0.452 e. The maximum Gasteiger partial charge on any atom is 0.338 e. The van der Waals surface area contributed by atoms with Gasteiger partial charge in [-0.05, 0) is 67.1 Å². The van der Waals surface area contributed by atoms with Crippen LogP contribution in [0.5, 0.6) is 0 Å². The minimum absolute atomic E-state index is 0.136. The minimum atomic E-state index is -0.780. The van der Waals surface area contributed by atoms with Gasteiger partial charge < -0.3 is 4.74 Å². The number of benzene rings is 3. The fraction of sp³-hybridized carbons (Fsp3) is 0.233. The summed E-state index contributed by atoms with van der Waals surface area (Å²) in [6, 6.07) is 22.3. The monoisotopic (exact) mass is 559 g/mol. The van der Waals surface area contributed by atoms with Crippen molar-refractivity contribution in [2.75, 3.05) is 11.5 Å². The van der Waals surface area contributed by atoms with E-state index in [1.165, 1.54) is 46.9 Å². The molecule has 204 valence electrons. The fourth-order valence-electron chi connectivity index (χ4n) is 5.30. The lowest BCUT2D eigenvalue weighted by Gasteiger charge is -2.28. The number of halogens is 1. The Hall–Kier alpha value is -4.50. The molecule has 1 aliphatic heterocycles. The molecule has 5 rings (SSSR count). The van der Waals surface area contributed by atoms with Crippen LogP contribution in [-0.4, -0.2) is 36.2 Å². The molecular formula is C30H26ClN3O6. The van der Waals surface area contributed by atoms with Crippen LogP contribution in [0.4, 0.5) is 5.69 Å².